The van der Waals surface area contributed by atoms with E-state index in [1.54, 1.807) is 33.8 Å². The lowest BCUT2D eigenvalue weighted by Crippen LogP contribution is -2.52. The number of rotatable bonds is 4. The molecule has 5 rings (SSSR count). The van der Waals surface area contributed by atoms with Crippen LogP contribution in [-0.2, 0) is 16.6 Å². The van der Waals surface area contributed by atoms with Crippen LogP contribution in [0, 0.1) is 5.92 Å². The molecule has 3 fully saturated rings. The van der Waals surface area contributed by atoms with Crippen LogP contribution in [0.5, 0.6) is 0 Å². The van der Waals surface area contributed by atoms with Crippen molar-refractivity contribution in [2.45, 2.75) is 12.8 Å². The lowest BCUT2D eigenvalue weighted by molar-refractivity contribution is -0.140. The Morgan fingerprint density at radius 3 is 2.14 bits per heavy atom. The molecule has 0 bridgehead atoms. The monoisotopic (exact) mass is 509 g/mol. The molecule has 0 radical (unpaired) electrons. The number of nitrogens with one attached hydrogen (secondary N) is 1. The van der Waals surface area contributed by atoms with Crippen molar-refractivity contribution in [2.75, 3.05) is 75.8 Å². The topological polar surface area (TPSA) is 103 Å². The Morgan fingerprint density at radius 1 is 0.865 bits per heavy atom. The van der Waals surface area contributed by atoms with E-state index < -0.39 is 0 Å². The van der Waals surface area contributed by atoms with Gasteiger partial charge in [0.05, 0.1) is 13.2 Å². The maximum atomic E-state index is 12.8. The summed E-state index contributed by atoms with van der Waals surface area (Å²) in [6, 6.07) is 7.70. The molecule has 3 aliphatic rings. The standard InChI is InChI=1S/C26H35N7O4/c1-29-11-8-27-23(29)25(35)31-12-14-33(15-13-31)26(36)28-21-2-4-22(5-3-21)30-9-6-20(7-10-30)24(34)32-16-18-37-19-17-32/h2-5,8,11,20H,6-7,9-10,12-19H2,1H3,(H,28,36). The summed E-state index contributed by atoms with van der Waals surface area (Å²) in [5, 5.41) is 2.97. The van der Waals surface area contributed by atoms with Gasteiger partial charge >= 0.3 is 6.03 Å². The number of nitrogens with zero attached hydrogens (tertiary/aromatic N) is 6. The Hall–Kier alpha value is -3.60. The highest BCUT2D eigenvalue weighted by Crippen LogP contribution is 2.26. The number of carbonyl (C=O) groups excluding carboxylic acids is 3. The number of hydrogen-bond acceptors (Lipinski definition) is 6. The first kappa shape index (κ1) is 25.1. The van der Waals surface area contributed by atoms with Gasteiger partial charge in [0.25, 0.3) is 5.91 Å². The summed E-state index contributed by atoms with van der Waals surface area (Å²) in [4.78, 5) is 50.0. The molecule has 4 amide bonds. The van der Waals surface area contributed by atoms with E-state index in [2.05, 4.69) is 15.2 Å². The van der Waals surface area contributed by atoms with Crippen LogP contribution in [0.15, 0.2) is 36.7 Å². The number of ether oxygens (including phenoxy) is 1. The Labute approximate surface area is 217 Å². The zero-order valence-electron chi connectivity index (χ0n) is 21.3. The lowest BCUT2D eigenvalue weighted by atomic mass is 9.94. The largest absolute Gasteiger partial charge is 0.378 e. The minimum atomic E-state index is -0.167. The number of anilines is 2. The van der Waals surface area contributed by atoms with Crippen molar-refractivity contribution in [1.29, 1.82) is 0 Å². The highest BCUT2D eigenvalue weighted by molar-refractivity contribution is 5.92. The van der Waals surface area contributed by atoms with Crippen LogP contribution in [0.4, 0.5) is 16.2 Å². The number of imidazole rings is 1. The van der Waals surface area contributed by atoms with Gasteiger partial charge in [0.1, 0.15) is 0 Å². The quantitative estimate of drug-likeness (QED) is 0.670. The van der Waals surface area contributed by atoms with Crippen LogP contribution in [0.2, 0.25) is 0 Å². The van der Waals surface area contributed by atoms with Gasteiger partial charge in [-0.3, -0.25) is 9.59 Å². The van der Waals surface area contributed by atoms with Crippen molar-refractivity contribution in [3.05, 3.63) is 42.5 Å². The molecular weight excluding hydrogens is 474 g/mol. The predicted octanol–water partition coefficient (Wildman–Crippen LogP) is 1.49. The van der Waals surface area contributed by atoms with Crippen molar-refractivity contribution in [3.63, 3.8) is 0 Å². The number of aromatic nitrogens is 2. The smallest absolute Gasteiger partial charge is 0.321 e. The van der Waals surface area contributed by atoms with Crippen molar-refractivity contribution >= 4 is 29.2 Å². The SMILES string of the molecule is Cn1ccnc1C(=O)N1CCN(C(=O)Nc2ccc(N3CCC(C(=O)N4CCOCC4)CC3)cc2)CC1. The van der Waals surface area contributed by atoms with Crippen molar-refractivity contribution in [3.8, 4) is 0 Å². The molecule has 0 unspecified atom stereocenters. The van der Waals surface area contributed by atoms with E-state index in [0.29, 0.717) is 58.3 Å². The molecule has 1 aromatic heterocycles. The van der Waals surface area contributed by atoms with Gasteiger partial charge in [-0.25, -0.2) is 9.78 Å². The summed E-state index contributed by atoms with van der Waals surface area (Å²) in [6.45, 7) is 6.24. The third kappa shape index (κ3) is 5.71. The summed E-state index contributed by atoms with van der Waals surface area (Å²) in [5.74, 6) is 0.652. The van der Waals surface area contributed by atoms with E-state index in [0.717, 1.165) is 37.3 Å². The van der Waals surface area contributed by atoms with Gasteiger partial charge in [0.15, 0.2) is 5.82 Å². The van der Waals surface area contributed by atoms with E-state index >= 15 is 0 Å². The van der Waals surface area contributed by atoms with Crippen LogP contribution in [0.3, 0.4) is 0 Å². The minimum absolute atomic E-state index is 0.0902. The van der Waals surface area contributed by atoms with Gasteiger partial charge in [-0.15, -0.1) is 0 Å². The fourth-order valence-corrected chi connectivity index (χ4v) is 5.21. The molecule has 3 aliphatic heterocycles. The van der Waals surface area contributed by atoms with Gasteiger partial charge in [-0.1, -0.05) is 0 Å². The lowest BCUT2D eigenvalue weighted by Gasteiger charge is -2.36. The fourth-order valence-electron chi connectivity index (χ4n) is 5.21. The summed E-state index contributed by atoms with van der Waals surface area (Å²) >= 11 is 0. The molecule has 0 aliphatic carbocycles. The Balaban J connectivity index is 1.07. The third-order valence-electron chi connectivity index (χ3n) is 7.52. The first-order chi connectivity index (χ1) is 18.0. The minimum Gasteiger partial charge on any atom is -0.378 e. The van der Waals surface area contributed by atoms with Crippen LogP contribution in [0.25, 0.3) is 0 Å². The van der Waals surface area contributed by atoms with Crippen molar-refractivity contribution in [2.24, 2.45) is 13.0 Å². The number of aryl methyl sites for hydroxylation is 1. The number of hydrogen-bond donors (Lipinski definition) is 1. The van der Waals surface area contributed by atoms with E-state index in [-0.39, 0.29) is 23.8 Å². The van der Waals surface area contributed by atoms with Crippen LogP contribution < -0.4 is 10.2 Å². The Kier molecular flexibility index (Phi) is 7.59. The Morgan fingerprint density at radius 2 is 1.51 bits per heavy atom. The number of piperidine rings is 1. The molecule has 3 saturated heterocycles. The molecule has 0 spiro atoms. The molecule has 2 aromatic rings. The van der Waals surface area contributed by atoms with Crippen molar-refractivity contribution < 1.29 is 19.1 Å². The number of benzene rings is 1. The van der Waals surface area contributed by atoms with E-state index in [1.807, 2.05) is 29.2 Å². The first-order valence-electron chi connectivity index (χ1n) is 13.0. The molecule has 11 nitrogen and oxygen atoms in total. The van der Waals surface area contributed by atoms with Gasteiger partial charge in [0, 0.05) is 89.1 Å². The van der Waals surface area contributed by atoms with Crippen LogP contribution >= 0.6 is 0 Å². The second-order valence-corrected chi connectivity index (χ2v) is 9.82. The van der Waals surface area contributed by atoms with Crippen molar-refractivity contribution in [1.82, 2.24) is 24.3 Å². The molecule has 198 valence electrons. The maximum Gasteiger partial charge on any atom is 0.321 e. The maximum absolute atomic E-state index is 12.8. The fraction of sp³-hybridized carbons (Fsp3) is 0.538. The number of urea groups is 1. The zero-order valence-corrected chi connectivity index (χ0v) is 21.3. The number of carbonyl (C=O) groups is 3. The van der Waals surface area contributed by atoms with Gasteiger partial charge in [-0.05, 0) is 37.1 Å². The Bertz CT molecular complexity index is 1100. The normalized spacial score (nSPS) is 19.2. The summed E-state index contributed by atoms with van der Waals surface area (Å²) in [7, 11) is 1.80. The molecular formula is C26H35N7O4. The van der Waals surface area contributed by atoms with Gasteiger partial charge in [-0.2, -0.15) is 0 Å². The molecule has 4 heterocycles. The van der Waals surface area contributed by atoms with Crippen LogP contribution in [0.1, 0.15) is 23.5 Å². The molecule has 1 aromatic carbocycles. The van der Waals surface area contributed by atoms with E-state index in [9.17, 15) is 14.4 Å². The third-order valence-corrected chi connectivity index (χ3v) is 7.52. The second kappa shape index (κ2) is 11.2. The highest BCUT2D eigenvalue weighted by atomic mass is 16.5. The number of morpholine rings is 1. The number of amides is 4. The molecule has 0 saturated carbocycles. The van der Waals surface area contributed by atoms with Crippen LogP contribution in [-0.4, -0.2) is 108 Å². The van der Waals surface area contributed by atoms with E-state index in [4.69, 9.17) is 4.74 Å². The highest BCUT2D eigenvalue weighted by Gasteiger charge is 2.30. The molecule has 1 N–H and O–H groups in total. The predicted molar refractivity (Wildman–Crippen MR) is 138 cm³/mol. The first-order valence-corrected chi connectivity index (χ1v) is 13.0. The average molecular weight is 510 g/mol. The number of piperazine rings is 1. The average Bonchev–Trinajstić information content (AvgIpc) is 3.39. The molecule has 0 atom stereocenters. The second-order valence-electron chi connectivity index (χ2n) is 9.82. The van der Waals surface area contributed by atoms with Gasteiger partial charge < -0.3 is 34.2 Å². The summed E-state index contributed by atoms with van der Waals surface area (Å²) in [5.41, 5.74) is 1.83. The van der Waals surface area contributed by atoms with E-state index in [1.165, 1.54) is 0 Å². The molecule has 11 heteroatoms. The zero-order chi connectivity index (χ0) is 25.8. The summed E-state index contributed by atoms with van der Waals surface area (Å²) < 4.78 is 7.07. The summed E-state index contributed by atoms with van der Waals surface area (Å²) in [6.07, 6.45) is 5.06. The van der Waals surface area contributed by atoms with Gasteiger partial charge in [0.2, 0.25) is 5.91 Å². The molecule has 37 heavy (non-hydrogen) atoms.